The number of aliphatic hydroxyl groups excluding tert-OH is 1. The van der Waals surface area contributed by atoms with Crippen LogP contribution in [0.1, 0.15) is 26.7 Å². The van der Waals surface area contributed by atoms with Gasteiger partial charge in [-0.25, -0.2) is 4.79 Å². The summed E-state index contributed by atoms with van der Waals surface area (Å²) in [5.74, 6) is -0.0888. The van der Waals surface area contributed by atoms with E-state index in [9.17, 15) is 14.7 Å². The predicted molar refractivity (Wildman–Crippen MR) is 96.3 cm³/mol. The van der Waals surface area contributed by atoms with Crippen molar-refractivity contribution in [1.29, 1.82) is 0 Å². The summed E-state index contributed by atoms with van der Waals surface area (Å²) in [6, 6.07) is -0.725. The highest BCUT2D eigenvalue weighted by atomic mass is 16.5. The molecule has 0 radical (unpaired) electrons. The second-order valence-corrected chi connectivity index (χ2v) is 6.79. The van der Waals surface area contributed by atoms with Gasteiger partial charge in [0.15, 0.2) is 0 Å². The van der Waals surface area contributed by atoms with E-state index in [1.54, 1.807) is 12.2 Å². The van der Waals surface area contributed by atoms with Crippen LogP contribution in [0.25, 0.3) is 0 Å². The van der Waals surface area contributed by atoms with Gasteiger partial charge in [0.1, 0.15) is 6.10 Å². The molecule has 0 saturated carbocycles. The van der Waals surface area contributed by atoms with E-state index in [0.29, 0.717) is 6.54 Å². The van der Waals surface area contributed by atoms with E-state index >= 15 is 0 Å². The molecule has 4 N–H and O–H groups in total. The first-order chi connectivity index (χ1) is 11.8. The van der Waals surface area contributed by atoms with E-state index < -0.39 is 18.2 Å². The highest BCUT2D eigenvalue weighted by molar-refractivity contribution is 5.77. The van der Waals surface area contributed by atoms with Gasteiger partial charge in [0, 0.05) is 12.6 Å². The number of nitrogens with zero attached hydrogens (tertiary/aromatic N) is 1. The SMILES string of the molecule is CC(C)NC(=O)N[C@@H]1C=C[C@H](CC(=O)NCCCN(C)C)O[C@H]1CO. The van der Waals surface area contributed by atoms with Gasteiger partial charge in [0.05, 0.1) is 25.2 Å². The third-order valence-corrected chi connectivity index (χ3v) is 3.67. The molecule has 8 nitrogen and oxygen atoms in total. The Kier molecular flexibility index (Phi) is 9.48. The van der Waals surface area contributed by atoms with Crippen molar-refractivity contribution in [3.05, 3.63) is 12.2 Å². The molecular formula is C17H32N4O4. The number of hydrogen-bond donors (Lipinski definition) is 4. The molecule has 0 unspecified atom stereocenters. The molecule has 0 fully saturated rings. The van der Waals surface area contributed by atoms with Crippen molar-refractivity contribution in [3.8, 4) is 0 Å². The van der Waals surface area contributed by atoms with Gasteiger partial charge in [-0.15, -0.1) is 0 Å². The van der Waals surface area contributed by atoms with E-state index in [4.69, 9.17) is 4.74 Å². The lowest BCUT2D eigenvalue weighted by Gasteiger charge is -2.31. The van der Waals surface area contributed by atoms with Crippen molar-refractivity contribution >= 4 is 11.9 Å². The molecule has 0 aromatic rings. The van der Waals surface area contributed by atoms with Gasteiger partial charge in [0.25, 0.3) is 0 Å². The summed E-state index contributed by atoms with van der Waals surface area (Å²) < 4.78 is 5.72. The molecule has 0 aromatic heterocycles. The molecule has 1 aliphatic heterocycles. The van der Waals surface area contributed by atoms with E-state index in [1.165, 1.54) is 0 Å². The van der Waals surface area contributed by atoms with Gasteiger partial charge in [-0.2, -0.15) is 0 Å². The lowest BCUT2D eigenvalue weighted by molar-refractivity contribution is -0.125. The fraction of sp³-hybridized carbons (Fsp3) is 0.765. The minimum Gasteiger partial charge on any atom is -0.394 e. The summed E-state index contributed by atoms with van der Waals surface area (Å²) in [5, 5.41) is 17.8. The van der Waals surface area contributed by atoms with Crippen LogP contribution in [-0.4, -0.2) is 80.0 Å². The normalized spacial score (nSPS) is 22.9. The predicted octanol–water partition coefficient (Wildman–Crippen LogP) is -0.163. The van der Waals surface area contributed by atoms with Crippen molar-refractivity contribution in [2.24, 2.45) is 0 Å². The van der Waals surface area contributed by atoms with Gasteiger partial charge in [-0.05, 0) is 40.9 Å². The summed E-state index contributed by atoms with van der Waals surface area (Å²) in [4.78, 5) is 25.8. The number of amides is 3. The second-order valence-electron chi connectivity index (χ2n) is 6.79. The first-order valence-corrected chi connectivity index (χ1v) is 8.75. The van der Waals surface area contributed by atoms with Crippen LogP contribution >= 0.6 is 0 Å². The van der Waals surface area contributed by atoms with Crippen LogP contribution in [0.15, 0.2) is 12.2 Å². The van der Waals surface area contributed by atoms with Crippen molar-refractivity contribution in [2.75, 3.05) is 33.8 Å². The fourth-order valence-corrected chi connectivity index (χ4v) is 2.47. The van der Waals surface area contributed by atoms with Gasteiger partial charge in [-0.3, -0.25) is 4.79 Å². The van der Waals surface area contributed by atoms with Gasteiger partial charge >= 0.3 is 6.03 Å². The van der Waals surface area contributed by atoms with Gasteiger partial charge in [0.2, 0.25) is 5.91 Å². The Morgan fingerprint density at radius 2 is 2.00 bits per heavy atom. The molecule has 3 atom stereocenters. The quantitative estimate of drug-likeness (QED) is 0.339. The number of rotatable bonds is 9. The molecule has 0 bridgehead atoms. The molecule has 0 aliphatic carbocycles. The highest BCUT2D eigenvalue weighted by Gasteiger charge is 2.29. The Morgan fingerprint density at radius 1 is 1.28 bits per heavy atom. The molecule has 25 heavy (non-hydrogen) atoms. The van der Waals surface area contributed by atoms with Gasteiger partial charge in [-0.1, -0.05) is 12.2 Å². The van der Waals surface area contributed by atoms with Crippen LogP contribution in [-0.2, 0) is 9.53 Å². The van der Waals surface area contributed by atoms with Crippen molar-refractivity contribution < 1.29 is 19.4 Å². The molecule has 0 spiro atoms. The minimum absolute atomic E-state index is 0.0185. The number of hydrogen-bond acceptors (Lipinski definition) is 5. The zero-order valence-electron chi connectivity index (χ0n) is 15.6. The molecule has 1 rings (SSSR count). The van der Waals surface area contributed by atoms with Crippen molar-refractivity contribution in [3.63, 3.8) is 0 Å². The van der Waals surface area contributed by atoms with Crippen LogP contribution in [0.2, 0.25) is 0 Å². The maximum absolute atomic E-state index is 12.0. The standard InChI is InChI=1S/C17H32N4O4/c1-12(2)19-17(24)20-14-7-6-13(25-15(14)11-22)10-16(23)18-8-5-9-21(3)4/h6-7,12-15,22H,5,8-11H2,1-4H3,(H,18,23)(H2,19,20,24)/t13-,14-,15+/m1/s1. The van der Waals surface area contributed by atoms with Crippen molar-refractivity contribution in [2.45, 2.75) is 51.0 Å². The smallest absolute Gasteiger partial charge is 0.315 e. The van der Waals surface area contributed by atoms with E-state index in [1.807, 2.05) is 27.9 Å². The fourth-order valence-electron chi connectivity index (χ4n) is 2.47. The average molecular weight is 356 g/mol. The van der Waals surface area contributed by atoms with E-state index in [2.05, 4.69) is 20.9 Å². The number of urea groups is 1. The number of carbonyl (C=O) groups excluding carboxylic acids is 2. The Hall–Kier alpha value is -1.64. The largest absolute Gasteiger partial charge is 0.394 e. The third kappa shape index (κ3) is 8.85. The lowest BCUT2D eigenvalue weighted by Crippen LogP contribution is -2.52. The van der Waals surface area contributed by atoms with Crippen LogP contribution in [0.4, 0.5) is 4.79 Å². The number of carbonyl (C=O) groups is 2. The summed E-state index contributed by atoms with van der Waals surface area (Å²) in [6.07, 6.45) is 3.63. The van der Waals surface area contributed by atoms with Crippen molar-refractivity contribution in [1.82, 2.24) is 20.9 Å². The summed E-state index contributed by atoms with van der Waals surface area (Å²) in [7, 11) is 3.98. The van der Waals surface area contributed by atoms with E-state index in [0.717, 1.165) is 13.0 Å². The molecule has 0 aromatic carbocycles. The monoisotopic (exact) mass is 356 g/mol. The first kappa shape index (κ1) is 21.4. The minimum atomic E-state index is -0.575. The molecule has 8 heteroatoms. The molecule has 0 saturated heterocycles. The van der Waals surface area contributed by atoms with Crippen LogP contribution in [0.3, 0.4) is 0 Å². The molecule has 3 amide bonds. The van der Waals surface area contributed by atoms with Crippen LogP contribution < -0.4 is 16.0 Å². The van der Waals surface area contributed by atoms with Crippen LogP contribution in [0.5, 0.6) is 0 Å². The molecule has 1 aliphatic rings. The van der Waals surface area contributed by atoms with E-state index in [-0.39, 0.29) is 31.0 Å². The maximum Gasteiger partial charge on any atom is 0.315 e. The lowest BCUT2D eigenvalue weighted by atomic mass is 10.0. The molecule has 1 heterocycles. The Morgan fingerprint density at radius 3 is 2.60 bits per heavy atom. The number of ether oxygens (including phenoxy) is 1. The second kappa shape index (κ2) is 11.1. The Labute approximate surface area is 150 Å². The zero-order valence-corrected chi connectivity index (χ0v) is 15.6. The number of aliphatic hydroxyl groups is 1. The molecular weight excluding hydrogens is 324 g/mol. The maximum atomic E-state index is 12.0. The summed E-state index contributed by atoms with van der Waals surface area (Å²) in [6.45, 7) is 5.03. The Bertz CT molecular complexity index is 454. The zero-order chi connectivity index (χ0) is 18.8. The van der Waals surface area contributed by atoms with Crippen LogP contribution in [0, 0.1) is 0 Å². The average Bonchev–Trinajstić information content (AvgIpc) is 2.52. The third-order valence-electron chi connectivity index (χ3n) is 3.67. The summed E-state index contributed by atoms with van der Waals surface area (Å²) >= 11 is 0. The number of nitrogens with one attached hydrogen (secondary N) is 3. The highest BCUT2D eigenvalue weighted by Crippen LogP contribution is 2.15. The van der Waals surface area contributed by atoms with Gasteiger partial charge < -0.3 is 30.7 Å². The summed E-state index contributed by atoms with van der Waals surface area (Å²) in [5.41, 5.74) is 0. The first-order valence-electron chi connectivity index (χ1n) is 8.75. The molecule has 144 valence electrons. The topological polar surface area (TPSA) is 103 Å². The Balaban J connectivity index is 2.42.